The van der Waals surface area contributed by atoms with Gasteiger partial charge in [0.2, 0.25) is 5.95 Å². The van der Waals surface area contributed by atoms with Crippen LogP contribution in [0.3, 0.4) is 0 Å². The quantitative estimate of drug-likeness (QED) is 0.732. The summed E-state index contributed by atoms with van der Waals surface area (Å²) in [5.41, 5.74) is 3.17. The minimum Gasteiger partial charge on any atom is -0.488 e. The second-order valence-electron chi connectivity index (χ2n) is 5.95. The first-order valence-corrected chi connectivity index (χ1v) is 8.03. The van der Waals surface area contributed by atoms with Gasteiger partial charge in [0.15, 0.2) is 0 Å². The maximum absolute atomic E-state index is 13.2. The normalized spacial score (nSPS) is 14.3. The highest BCUT2D eigenvalue weighted by Crippen LogP contribution is 2.35. The Morgan fingerprint density at radius 3 is 2.81 bits per heavy atom. The van der Waals surface area contributed by atoms with Crippen LogP contribution in [0.1, 0.15) is 29.9 Å². The zero-order valence-electron chi connectivity index (χ0n) is 15.9. The van der Waals surface area contributed by atoms with E-state index in [2.05, 4.69) is 15.3 Å². The van der Waals surface area contributed by atoms with E-state index in [1.165, 1.54) is 24.5 Å². The van der Waals surface area contributed by atoms with Gasteiger partial charge in [-0.05, 0) is 42.8 Å². The topological polar surface area (TPSA) is 64.1 Å². The highest BCUT2D eigenvalue weighted by atomic mass is 19.1. The molecule has 1 amide bonds. The van der Waals surface area contributed by atoms with Gasteiger partial charge in [-0.2, -0.15) is 4.39 Å². The third-order valence-electron chi connectivity index (χ3n) is 4.12. The smallest absolute Gasteiger partial charge is 0.251 e. The SMILES string of the molecule is [2H]C([2H])(Oc1cc2c(cc1-c1ccc(F)nc1)C(=O)NC2)c1ccc(C)nc1. The van der Waals surface area contributed by atoms with E-state index < -0.39 is 12.5 Å². The van der Waals surface area contributed by atoms with Gasteiger partial charge < -0.3 is 10.1 Å². The molecule has 0 atom stereocenters. The molecule has 1 aliphatic heterocycles. The minimum atomic E-state index is -2.16. The predicted molar refractivity (Wildman–Crippen MR) is 94.1 cm³/mol. The fourth-order valence-electron chi connectivity index (χ4n) is 2.74. The molecule has 2 aromatic heterocycles. The molecule has 0 saturated carbocycles. The number of nitrogens with one attached hydrogen (secondary N) is 1. The van der Waals surface area contributed by atoms with E-state index >= 15 is 0 Å². The molecule has 0 fully saturated rings. The number of benzene rings is 1. The number of aryl methyl sites for hydroxylation is 1. The third-order valence-corrected chi connectivity index (χ3v) is 4.12. The molecular weight excluding hydrogens is 333 g/mol. The number of nitrogens with zero attached hydrogens (tertiary/aromatic N) is 2. The van der Waals surface area contributed by atoms with Crippen LogP contribution in [-0.2, 0) is 13.1 Å². The minimum absolute atomic E-state index is 0.219. The molecule has 4 rings (SSSR count). The summed E-state index contributed by atoms with van der Waals surface area (Å²) in [6.07, 6.45) is 2.74. The Hall–Kier alpha value is -3.28. The van der Waals surface area contributed by atoms with E-state index in [9.17, 15) is 9.18 Å². The first kappa shape index (κ1) is 13.9. The largest absolute Gasteiger partial charge is 0.488 e. The number of aromatic nitrogens is 2. The van der Waals surface area contributed by atoms with Crippen LogP contribution in [0.2, 0.25) is 0 Å². The summed E-state index contributed by atoms with van der Waals surface area (Å²) in [6.45, 7) is -0.0148. The van der Waals surface area contributed by atoms with E-state index in [-0.39, 0.29) is 17.2 Å². The fraction of sp³-hybridized carbons (Fsp3) is 0.150. The summed E-state index contributed by atoms with van der Waals surface area (Å²) in [4.78, 5) is 19.8. The second kappa shape index (κ2) is 6.55. The number of carbonyl (C=O) groups excluding carboxylic acids is 1. The van der Waals surface area contributed by atoms with E-state index in [1.807, 2.05) is 6.92 Å². The van der Waals surface area contributed by atoms with E-state index in [4.69, 9.17) is 7.48 Å². The Balaban J connectivity index is 1.80. The van der Waals surface area contributed by atoms with Crippen molar-refractivity contribution < 1.29 is 16.7 Å². The van der Waals surface area contributed by atoms with Gasteiger partial charge in [-0.15, -0.1) is 0 Å². The molecule has 1 N–H and O–H groups in total. The molecule has 130 valence electrons. The fourth-order valence-corrected chi connectivity index (χ4v) is 2.74. The molecule has 0 spiro atoms. The van der Waals surface area contributed by atoms with Crippen LogP contribution in [0.5, 0.6) is 5.75 Å². The Bertz CT molecular complexity index is 1050. The molecule has 3 heterocycles. The third kappa shape index (κ3) is 3.13. The molecule has 5 nitrogen and oxygen atoms in total. The zero-order valence-corrected chi connectivity index (χ0v) is 13.9. The van der Waals surface area contributed by atoms with Crippen LogP contribution in [0.15, 0.2) is 48.8 Å². The van der Waals surface area contributed by atoms with E-state index in [0.29, 0.717) is 28.8 Å². The number of ether oxygens (including phenoxy) is 1. The van der Waals surface area contributed by atoms with Gasteiger partial charge in [0.05, 0.1) is 2.74 Å². The maximum Gasteiger partial charge on any atom is 0.251 e. The van der Waals surface area contributed by atoms with E-state index in [1.54, 1.807) is 24.3 Å². The first-order chi connectivity index (χ1) is 13.3. The highest BCUT2D eigenvalue weighted by molar-refractivity contribution is 6.00. The van der Waals surface area contributed by atoms with Crippen molar-refractivity contribution in [2.75, 3.05) is 0 Å². The van der Waals surface area contributed by atoms with Gasteiger partial charge in [-0.1, -0.05) is 6.07 Å². The summed E-state index contributed by atoms with van der Waals surface area (Å²) < 4.78 is 35.7. The van der Waals surface area contributed by atoms with Crippen molar-refractivity contribution in [3.8, 4) is 16.9 Å². The lowest BCUT2D eigenvalue weighted by atomic mass is 10.00. The molecule has 0 aliphatic carbocycles. The summed E-state index contributed by atoms with van der Waals surface area (Å²) in [5, 5.41) is 2.73. The Labute approximate surface area is 152 Å². The molecular formula is C20H16FN3O2. The molecule has 0 radical (unpaired) electrons. The van der Waals surface area contributed by atoms with Crippen molar-refractivity contribution in [1.29, 1.82) is 0 Å². The van der Waals surface area contributed by atoms with Gasteiger partial charge in [0.25, 0.3) is 5.91 Å². The van der Waals surface area contributed by atoms with Crippen LogP contribution >= 0.6 is 0 Å². The molecule has 26 heavy (non-hydrogen) atoms. The van der Waals surface area contributed by atoms with Gasteiger partial charge >= 0.3 is 0 Å². The monoisotopic (exact) mass is 351 g/mol. The number of rotatable bonds is 4. The van der Waals surface area contributed by atoms with Crippen molar-refractivity contribution in [3.63, 3.8) is 0 Å². The van der Waals surface area contributed by atoms with E-state index in [0.717, 1.165) is 5.69 Å². The predicted octanol–water partition coefficient (Wildman–Crippen LogP) is 3.41. The lowest BCUT2D eigenvalue weighted by molar-refractivity contribution is 0.0966. The lowest BCUT2D eigenvalue weighted by Crippen LogP contribution is -2.12. The molecule has 0 saturated heterocycles. The van der Waals surface area contributed by atoms with Crippen LogP contribution in [0.25, 0.3) is 11.1 Å². The van der Waals surface area contributed by atoms with Crippen molar-refractivity contribution in [2.45, 2.75) is 20.0 Å². The van der Waals surface area contributed by atoms with Crippen LogP contribution < -0.4 is 10.1 Å². The molecule has 6 heteroatoms. The molecule has 0 bridgehead atoms. The molecule has 3 aromatic rings. The summed E-state index contributed by atoms with van der Waals surface area (Å²) >= 11 is 0. The second-order valence-corrected chi connectivity index (χ2v) is 5.95. The summed E-state index contributed by atoms with van der Waals surface area (Å²) in [6, 6.07) is 9.26. The number of pyridine rings is 2. The molecule has 1 aliphatic rings. The van der Waals surface area contributed by atoms with Crippen LogP contribution in [0, 0.1) is 12.9 Å². The zero-order chi connectivity index (χ0) is 19.9. The molecule has 1 aromatic carbocycles. The Kier molecular flexibility index (Phi) is 3.52. The highest BCUT2D eigenvalue weighted by Gasteiger charge is 2.22. The van der Waals surface area contributed by atoms with Crippen molar-refractivity contribution in [2.24, 2.45) is 0 Å². The maximum atomic E-state index is 13.2. The summed E-state index contributed by atoms with van der Waals surface area (Å²) in [5.74, 6) is -0.621. The van der Waals surface area contributed by atoms with Gasteiger partial charge in [-0.25, -0.2) is 4.98 Å². The first-order valence-electron chi connectivity index (χ1n) is 9.03. The Morgan fingerprint density at radius 2 is 2.08 bits per heavy atom. The molecule has 0 unspecified atom stereocenters. The van der Waals surface area contributed by atoms with Crippen LogP contribution in [0.4, 0.5) is 4.39 Å². The summed E-state index contributed by atoms with van der Waals surface area (Å²) in [7, 11) is 0. The van der Waals surface area contributed by atoms with Crippen molar-refractivity contribution >= 4 is 5.91 Å². The lowest BCUT2D eigenvalue weighted by Gasteiger charge is -2.13. The van der Waals surface area contributed by atoms with Gasteiger partial charge in [0.1, 0.15) is 12.3 Å². The average Bonchev–Trinajstić information content (AvgIpc) is 3.02. The Morgan fingerprint density at radius 1 is 1.19 bits per heavy atom. The number of amides is 1. The van der Waals surface area contributed by atoms with Crippen molar-refractivity contribution in [3.05, 3.63) is 77.1 Å². The average molecular weight is 351 g/mol. The number of halogens is 1. The van der Waals surface area contributed by atoms with Gasteiger partial charge in [-0.3, -0.25) is 9.78 Å². The number of hydrogen-bond donors (Lipinski definition) is 1. The standard InChI is InChI=1S/C20H16FN3O2/c1-12-2-3-13(8-22-12)11-26-18-6-15-10-24-20(25)17(15)7-16(18)14-4-5-19(21)23-9-14/h2-9H,10-11H2,1H3,(H,24,25)/i11D2. The number of carbonyl (C=O) groups is 1. The number of hydrogen-bond acceptors (Lipinski definition) is 4. The van der Waals surface area contributed by atoms with Gasteiger partial charge in [0, 0.05) is 46.9 Å². The number of fused-ring (bicyclic) bond motifs is 1. The van der Waals surface area contributed by atoms with Crippen molar-refractivity contribution in [1.82, 2.24) is 15.3 Å². The van der Waals surface area contributed by atoms with Crippen LogP contribution in [-0.4, -0.2) is 15.9 Å².